The zero-order valence-corrected chi connectivity index (χ0v) is 18.9. The third kappa shape index (κ3) is 6.50. The Morgan fingerprint density at radius 1 is 0.935 bits per heavy atom. The predicted octanol–water partition coefficient (Wildman–Crippen LogP) is 3.53. The molecule has 0 saturated carbocycles. The Kier molecular flexibility index (Phi) is 8.07. The van der Waals surface area contributed by atoms with Crippen molar-refractivity contribution in [3.63, 3.8) is 0 Å². The first-order valence-corrected chi connectivity index (χ1v) is 9.85. The Labute approximate surface area is 183 Å². The Morgan fingerprint density at radius 2 is 1.52 bits per heavy atom. The summed E-state index contributed by atoms with van der Waals surface area (Å²) in [5.74, 6) is 0.644. The molecule has 2 rings (SSSR count). The van der Waals surface area contributed by atoms with Gasteiger partial charge in [-0.25, -0.2) is 0 Å². The first-order valence-electron chi connectivity index (χ1n) is 9.85. The molecule has 0 fully saturated rings. The minimum absolute atomic E-state index is 0.116. The Morgan fingerprint density at radius 3 is 2.00 bits per heavy atom. The fourth-order valence-corrected chi connectivity index (χ4v) is 2.69. The molecule has 0 aliphatic heterocycles. The van der Waals surface area contributed by atoms with Gasteiger partial charge >= 0.3 is 0 Å². The average Bonchev–Trinajstić information content (AvgIpc) is 2.76. The highest BCUT2D eigenvalue weighted by Gasteiger charge is 2.24. The summed E-state index contributed by atoms with van der Waals surface area (Å²) in [4.78, 5) is 25.5. The zero-order chi connectivity index (χ0) is 23.0. The van der Waals surface area contributed by atoms with Crippen LogP contribution in [0.1, 0.15) is 31.9 Å². The van der Waals surface area contributed by atoms with Crippen LogP contribution in [0.2, 0.25) is 0 Å². The molecule has 0 unspecified atom stereocenters. The number of hydrogen-bond acceptors (Lipinski definition) is 5. The summed E-state index contributed by atoms with van der Waals surface area (Å²) in [7, 11) is 4.54. The molecule has 2 aromatic carbocycles. The monoisotopic (exact) mass is 426 g/mol. The molecule has 0 aliphatic carbocycles. The second-order valence-electron chi connectivity index (χ2n) is 7.89. The van der Waals surface area contributed by atoms with E-state index in [4.69, 9.17) is 14.2 Å². The van der Waals surface area contributed by atoms with E-state index < -0.39 is 11.3 Å². The second-order valence-corrected chi connectivity index (χ2v) is 7.89. The van der Waals surface area contributed by atoms with Crippen molar-refractivity contribution in [2.75, 3.05) is 21.3 Å². The van der Waals surface area contributed by atoms with Gasteiger partial charge in [0.2, 0.25) is 11.7 Å². The lowest BCUT2D eigenvalue weighted by Crippen LogP contribution is -2.39. The Hall–Kier alpha value is -3.48. The van der Waals surface area contributed by atoms with Gasteiger partial charge in [0.05, 0.1) is 21.3 Å². The van der Waals surface area contributed by atoms with E-state index in [9.17, 15) is 9.59 Å². The molecule has 0 saturated heterocycles. The van der Waals surface area contributed by atoms with Gasteiger partial charge in [0, 0.05) is 12.0 Å². The van der Waals surface area contributed by atoms with Crippen LogP contribution in [-0.2, 0) is 16.1 Å². The van der Waals surface area contributed by atoms with Gasteiger partial charge in [0.25, 0.3) is 5.91 Å². The Balaban J connectivity index is 2.40. The van der Waals surface area contributed by atoms with E-state index in [2.05, 4.69) is 10.6 Å². The van der Waals surface area contributed by atoms with E-state index in [-0.39, 0.29) is 11.6 Å². The SMILES string of the molecule is COc1cc(/C=C(\NC(=O)C(C)(C)C)C(=O)NCc2ccccc2)cc(OC)c1OC. The van der Waals surface area contributed by atoms with Crippen molar-refractivity contribution in [3.05, 3.63) is 59.3 Å². The van der Waals surface area contributed by atoms with Gasteiger partial charge in [-0.05, 0) is 29.3 Å². The van der Waals surface area contributed by atoms with E-state index in [0.717, 1.165) is 5.56 Å². The van der Waals surface area contributed by atoms with E-state index in [1.54, 1.807) is 39.0 Å². The normalized spacial score (nSPS) is 11.5. The van der Waals surface area contributed by atoms with Crippen LogP contribution in [-0.4, -0.2) is 33.1 Å². The van der Waals surface area contributed by atoms with Crippen molar-refractivity contribution in [2.45, 2.75) is 27.3 Å². The molecular formula is C24H30N2O5. The molecule has 0 atom stereocenters. The minimum atomic E-state index is -0.673. The predicted molar refractivity (Wildman–Crippen MR) is 120 cm³/mol. The molecule has 0 aromatic heterocycles. The fraction of sp³-hybridized carbons (Fsp3) is 0.333. The summed E-state index contributed by atoms with van der Waals surface area (Å²) >= 11 is 0. The summed E-state index contributed by atoms with van der Waals surface area (Å²) in [5, 5.41) is 5.59. The molecule has 0 bridgehead atoms. The van der Waals surface area contributed by atoms with Gasteiger partial charge < -0.3 is 24.8 Å². The topological polar surface area (TPSA) is 85.9 Å². The number of carbonyl (C=O) groups is 2. The van der Waals surface area contributed by atoms with Gasteiger partial charge in [-0.1, -0.05) is 51.1 Å². The smallest absolute Gasteiger partial charge is 0.268 e. The molecule has 31 heavy (non-hydrogen) atoms. The molecule has 7 heteroatoms. The highest BCUT2D eigenvalue weighted by Crippen LogP contribution is 2.38. The number of nitrogens with one attached hydrogen (secondary N) is 2. The molecule has 0 aliphatic rings. The third-order valence-corrected chi connectivity index (χ3v) is 4.47. The molecule has 166 valence electrons. The van der Waals surface area contributed by atoms with Gasteiger partial charge in [-0.3, -0.25) is 9.59 Å². The number of carbonyl (C=O) groups excluding carboxylic acids is 2. The van der Waals surface area contributed by atoms with E-state index in [1.807, 2.05) is 30.3 Å². The number of hydrogen-bond donors (Lipinski definition) is 2. The highest BCUT2D eigenvalue weighted by atomic mass is 16.5. The molecular weight excluding hydrogens is 396 g/mol. The standard InChI is InChI=1S/C24H30N2O5/c1-24(2,3)23(28)26-18(22(27)25-15-16-10-8-7-9-11-16)12-17-13-19(29-4)21(31-6)20(14-17)30-5/h7-14H,15H2,1-6H3,(H,25,27)(H,26,28)/b18-12-. The summed E-state index contributed by atoms with van der Waals surface area (Å²) < 4.78 is 16.1. The van der Waals surface area contributed by atoms with Crippen LogP contribution < -0.4 is 24.8 Å². The fourth-order valence-electron chi connectivity index (χ4n) is 2.69. The quantitative estimate of drug-likeness (QED) is 0.631. The van der Waals surface area contributed by atoms with Crippen molar-refractivity contribution in [1.82, 2.24) is 10.6 Å². The van der Waals surface area contributed by atoms with Crippen LogP contribution >= 0.6 is 0 Å². The van der Waals surface area contributed by atoms with Crippen LogP contribution in [0, 0.1) is 5.41 Å². The molecule has 0 heterocycles. The summed E-state index contributed by atoms with van der Waals surface area (Å²) in [6.07, 6.45) is 1.58. The van der Waals surface area contributed by atoms with Crippen molar-refractivity contribution in [3.8, 4) is 17.2 Å². The molecule has 2 N–H and O–H groups in total. The largest absolute Gasteiger partial charge is 0.493 e. The number of amides is 2. The van der Waals surface area contributed by atoms with E-state index >= 15 is 0 Å². The molecule has 0 radical (unpaired) electrons. The van der Waals surface area contributed by atoms with E-state index in [0.29, 0.717) is 29.4 Å². The summed E-state index contributed by atoms with van der Waals surface area (Å²) in [6, 6.07) is 12.9. The maximum atomic E-state index is 12.9. The lowest BCUT2D eigenvalue weighted by Gasteiger charge is -2.19. The lowest BCUT2D eigenvalue weighted by atomic mass is 9.95. The van der Waals surface area contributed by atoms with Crippen LogP contribution in [0.5, 0.6) is 17.2 Å². The average molecular weight is 427 g/mol. The second kappa shape index (κ2) is 10.5. The van der Waals surface area contributed by atoms with Crippen molar-refractivity contribution in [1.29, 1.82) is 0 Å². The minimum Gasteiger partial charge on any atom is -0.493 e. The molecule has 0 spiro atoms. The zero-order valence-electron chi connectivity index (χ0n) is 18.9. The molecule has 2 amide bonds. The van der Waals surface area contributed by atoms with Crippen molar-refractivity contribution >= 4 is 17.9 Å². The maximum Gasteiger partial charge on any atom is 0.268 e. The van der Waals surface area contributed by atoms with Gasteiger partial charge in [0.1, 0.15) is 5.70 Å². The van der Waals surface area contributed by atoms with Crippen molar-refractivity contribution in [2.24, 2.45) is 5.41 Å². The van der Waals surface area contributed by atoms with Crippen LogP contribution in [0.4, 0.5) is 0 Å². The summed E-state index contributed by atoms with van der Waals surface area (Å²) in [5.41, 5.74) is 0.998. The highest BCUT2D eigenvalue weighted by molar-refractivity contribution is 6.02. The van der Waals surface area contributed by atoms with E-state index in [1.165, 1.54) is 21.3 Å². The number of ether oxygens (including phenoxy) is 3. The first kappa shape index (κ1) is 23.8. The number of rotatable bonds is 8. The summed E-state index contributed by atoms with van der Waals surface area (Å²) in [6.45, 7) is 5.67. The maximum absolute atomic E-state index is 12.9. The van der Waals surface area contributed by atoms with Crippen LogP contribution in [0.25, 0.3) is 6.08 Å². The van der Waals surface area contributed by atoms with Crippen molar-refractivity contribution < 1.29 is 23.8 Å². The Bertz CT molecular complexity index is 921. The van der Waals surface area contributed by atoms with Gasteiger partial charge in [-0.2, -0.15) is 0 Å². The third-order valence-electron chi connectivity index (χ3n) is 4.47. The van der Waals surface area contributed by atoms with Gasteiger partial charge in [-0.15, -0.1) is 0 Å². The first-order chi connectivity index (χ1) is 14.7. The number of benzene rings is 2. The lowest BCUT2D eigenvalue weighted by molar-refractivity contribution is -0.129. The molecule has 2 aromatic rings. The van der Waals surface area contributed by atoms with Crippen LogP contribution in [0.15, 0.2) is 48.2 Å². The number of methoxy groups -OCH3 is 3. The van der Waals surface area contributed by atoms with Crippen LogP contribution in [0.3, 0.4) is 0 Å². The molecule has 7 nitrogen and oxygen atoms in total. The van der Waals surface area contributed by atoms with Gasteiger partial charge in [0.15, 0.2) is 11.5 Å².